The van der Waals surface area contributed by atoms with Crippen LogP contribution in [0.4, 0.5) is 0 Å². The van der Waals surface area contributed by atoms with Crippen LogP contribution in [0.3, 0.4) is 0 Å². The van der Waals surface area contributed by atoms with Crippen molar-refractivity contribution < 1.29 is 19.1 Å². The summed E-state index contributed by atoms with van der Waals surface area (Å²) in [6, 6.07) is 27.0. The topological polar surface area (TPSA) is 52.6 Å². The van der Waals surface area contributed by atoms with E-state index < -0.39 is 0 Å². The van der Waals surface area contributed by atoms with Crippen LogP contribution < -0.4 is 9.47 Å². The van der Waals surface area contributed by atoms with Crippen LogP contribution in [0.1, 0.15) is 34.6 Å². The highest BCUT2D eigenvalue weighted by Gasteiger charge is 2.15. The summed E-state index contributed by atoms with van der Waals surface area (Å²) in [4.78, 5) is 26.8. The Morgan fingerprint density at radius 3 is 1.26 bits per heavy atom. The maximum Gasteiger partial charge on any atom is 0.188 e. The fraction of sp³-hybridized carbons (Fsp3) is 0.118. The summed E-state index contributed by atoms with van der Waals surface area (Å²) < 4.78 is 11.0. The lowest BCUT2D eigenvalue weighted by Gasteiger charge is -2.16. The van der Waals surface area contributed by atoms with Crippen molar-refractivity contribution in [2.45, 2.75) is 23.6 Å². The van der Waals surface area contributed by atoms with Gasteiger partial charge in [0, 0.05) is 20.9 Å². The molecule has 39 heavy (non-hydrogen) atoms. The van der Waals surface area contributed by atoms with Crippen molar-refractivity contribution in [1.82, 2.24) is 0 Å². The number of carbonyl (C=O) groups excluding carboxylic acids is 2. The zero-order valence-corrected chi connectivity index (χ0v) is 23.4. The second-order valence-corrected chi connectivity index (χ2v) is 10.3. The molecular formula is C34H30O4S. The molecule has 196 valence electrons. The van der Waals surface area contributed by atoms with Crippen LogP contribution in [0.15, 0.2) is 119 Å². The van der Waals surface area contributed by atoms with Gasteiger partial charge >= 0.3 is 0 Å². The van der Waals surface area contributed by atoms with E-state index in [9.17, 15) is 9.59 Å². The number of Topliss-reactive ketones (excluding diaryl/α,β-unsaturated/α-hetero) is 2. The predicted octanol–water partition coefficient (Wildman–Crippen LogP) is 8.71. The Balaban J connectivity index is 1.76. The van der Waals surface area contributed by atoms with Crippen molar-refractivity contribution in [3.05, 3.63) is 120 Å². The van der Waals surface area contributed by atoms with Gasteiger partial charge in [0.05, 0.1) is 14.2 Å². The molecule has 0 aliphatic rings. The molecule has 5 heteroatoms. The van der Waals surface area contributed by atoms with E-state index in [0.29, 0.717) is 22.3 Å². The van der Waals surface area contributed by atoms with Gasteiger partial charge in [-0.15, -0.1) is 0 Å². The Kier molecular flexibility index (Phi) is 8.52. The Morgan fingerprint density at radius 1 is 0.590 bits per heavy atom. The molecule has 0 atom stereocenters. The highest BCUT2D eigenvalue weighted by molar-refractivity contribution is 7.99. The number of allylic oxidation sites excluding steroid dienone is 2. The monoisotopic (exact) mass is 534 g/mol. The quantitative estimate of drug-likeness (QED) is 0.150. The first-order valence-electron chi connectivity index (χ1n) is 12.4. The molecule has 0 heterocycles. The minimum absolute atomic E-state index is 0.0689. The largest absolute Gasteiger partial charge is 0.497 e. The van der Waals surface area contributed by atoms with E-state index in [1.807, 2.05) is 84.9 Å². The highest BCUT2D eigenvalue weighted by Crippen LogP contribution is 2.43. The molecule has 4 nitrogen and oxygen atoms in total. The number of benzene rings is 4. The smallest absolute Gasteiger partial charge is 0.188 e. The van der Waals surface area contributed by atoms with E-state index >= 15 is 0 Å². The van der Waals surface area contributed by atoms with Crippen molar-refractivity contribution in [1.29, 1.82) is 0 Å². The molecule has 0 aliphatic heterocycles. The molecule has 0 saturated carbocycles. The minimum atomic E-state index is -0.0689. The Hall–Kier alpha value is -4.35. The second-order valence-electron chi connectivity index (χ2n) is 9.20. The number of methoxy groups -OCH3 is 2. The van der Waals surface area contributed by atoms with E-state index in [-0.39, 0.29) is 11.6 Å². The molecule has 0 unspecified atom stereocenters. The van der Waals surface area contributed by atoms with Crippen LogP contribution in [0.5, 0.6) is 11.5 Å². The third-order valence-corrected chi connectivity index (χ3v) is 7.44. The molecular weight excluding hydrogens is 504 g/mol. The average Bonchev–Trinajstić information content (AvgIpc) is 2.96. The second kappa shape index (κ2) is 12.0. The molecule has 0 fully saturated rings. The fourth-order valence-corrected chi connectivity index (χ4v) is 5.20. The number of ether oxygens (including phenoxy) is 2. The summed E-state index contributed by atoms with van der Waals surface area (Å²) in [6.07, 6.45) is 0. The van der Waals surface area contributed by atoms with Gasteiger partial charge in [-0.3, -0.25) is 9.59 Å². The number of carbonyl (C=O) groups is 2. The molecule has 0 aromatic heterocycles. The Bertz CT molecular complexity index is 1450. The van der Waals surface area contributed by atoms with Crippen molar-refractivity contribution in [3.8, 4) is 33.8 Å². The van der Waals surface area contributed by atoms with E-state index in [0.717, 1.165) is 43.5 Å². The average molecular weight is 535 g/mol. The summed E-state index contributed by atoms with van der Waals surface area (Å²) in [5.41, 5.74) is 6.12. The maximum absolute atomic E-state index is 12.4. The molecule has 0 amide bonds. The molecule has 0 aliphatic carbocycles. The number of ketones is 2. The fourth-order valence-electron chi connectivity index (χ4n) is 4.11. The molecule has 0 N–H and O–H groups in total. The van der Waals surface area contributed by atoms with Gasteiger partial charge < -0.3 is 9.47 Å². The number of hydrogen-bond acceptors (Lipinski definition) is 5. The summed E-state index contributed by atoms with van der Waals surface area (Å²) >= 11 is 1.63. The van der Waals surface area contributed by atoms with Gasteiger partial charge in [0.25, 0.3) is 0 Å². The summed E-state index contributed by atoms with van der Waals surface area (Å²) in [7, 11) is 3.29. The van der Waals surface area contributed by atoms with E-state index in [1.165, 1.54) is 0 Å². The van der Waals surface area contributed by atoms with Gasteiger partial charge in [-0.05, 0) is 83.6 Å². The van der Waals surface area contributed by atoms with Crippen molar-refractivity contribution in [2.24, 2.45) is 0 Å². The Labute approximate surface area is 234 Å². The standard InChI is InChI=1S/C34H30O4S/c1-21(2)33(35)25-11-7-23(8-12-25)29-19-27(37-5)15-17-31(29)39-32-18-16-28(38-6)20-30(32)24-9-13-26(14-10-24)34(36)22(3)4/h7-20H,1,3H2,2,4-6H3. The molecule has 4 aromatic carbocycles. The van der Waals surface area contributed by atoms with Crippen LogP contribution in [0.25, 0.3) is 22.3 Å². The van der Waals surface area contributed by atoms with Crippen molar-refractivity contribution in [3.63, 3.8) is 0 Å². The molecule has 4 rings (SSSR count). The van der Waals surface area contributed by atoms with Gasteiger partial charge in [0.2, 0.25) is 0 Å². The first kappa shape index (κ1) is 27.7. The molecule has 0 spiro atoms. The lowest BCUT2D eigenvalue weighted by molar-refractivity contribution is 0.102. The summed E-state index contributed by atoms with van der Waals surface area (Å²) in [5, 5.41) is 0. The first-order chi connectivity index (χ1) is 18.7. The van der Waals surface area contributed by atoms with Gasteiger partial charge in [0.15, 0.2) is 11.6 Å². The van der Waals surface area contributed by atoms with E-state index in [4.69, 9.17) is 9.47 Å². The van der Waals surface area contributed by atoms with E-state index in [2.05, 4.69) is 13.2 Å². The van der Waals surface area contributed by atoms with Crippen LogP contribution >= 0.6 is 11.8 Å². The molecule has 0 radical (unpaired) electrons. The lowest BCUT2D eigenvalue weighted by Crippen LogP contribution is -1.99. The van der Waals surface area contributed by atoms with Crippen molar-refractivity contribution >= 4 is 23.3 Å². The zero-order valence-electron chi connectivity index (χ0n) is 22.5. The van der Waals surface area contributed by atoms with Crippen molar-refractivity contribution in [2.75, 3.05) is 14.2 Å². The van der Waals surface area contributed by atoms with Gasteiger partial charge in [-0.25, -0.2) is 0 Å². The van der Waals surface area contributed by atoms with Crippen LogP contribution in [0, 0.1) is 0 Å². The number of hydrogen-bond donors (Lipinski definition) is 0. The number of rotatable bonds is 10. The summed E-state index contributed by atoms with van der Waals surface area (Å²) in [6.45, 7) is 11.0. The van der Waals surface area contributed by atoms with E-state index in [1.54, 1.807) is 39.8 Å². The third kappa shape index (κ3) is 6.21. The first-order valence-corrected chi connectivity index (χ1v) is 13.2. The SMILES string of the molecule is C=C(C)C(=O)c1ccc(-c2cc(OC)ccc2Sc2ccc(OC)cc2-c2ccc(C(=O)C(=C)C)cc2)cc1. The Morgan fingerprint density at radius 2 is 0.949 bits per heavy atom. The van der Waals surface area contributed by atoms with Gasteiger partial charge in [-0.2, -0.15) is 0 Å². The highest BCUT2D eigenvalue weighted by atomic mass is 32.2. The third-order valence-electron chi connectivity index (χ3n) is 6.28. The molecule has 4 aromatic rings. The minimum Gasteiger partial charge on any atom is -0.497 e. The maximum atomic E-state index is 12.4. The zero-order chi connectivity index (χ0) is 28.1. The predicted molar refractivity (Wildman–Crippen MR) is 159 cm³/mol. The van der Waals surface area contributed by atoms with Crippen LogP contribution in [0.2, 0.25) is 0 Å². The van der Waals surface area contributed by atoms with Crippen LogP contribution in [-0.4, -0.2) is 25.8 Å². The normalized spacial score (nSPS) is 10.6. The van der Waals surface area contributed by atoms with Gasteiger partial charge in [-0.1, -0.05) is 73.5 Å². The van der Waals surface area contributed by atoms with Crippen LogP contribution in [-0.2, 0) is 0 Å². The summed E-state index contributed by atoms with van der Waals surface area (Å²) in [5.74, 6) is 1.34. The molecule has 0 bridgehead atoms. The lowest BCUT2D eigenvalue weighted by atomic mass is 10.00. The molecule has 0 saturated heterocycles. The van der Waals surface area contributed by atoms with Gasteiger partial charge in [0.1, 0.15) is 11.5 Å².